The van der Waals surface area contributed by atoms with Gasteiger partial charge in [0.2, 0.25) is 10.0 Å². The summed E-state index contributed by atoms with van der Waals surface area (Å²) in [6.07, 6.45) is 0.766. The molecule has 1 aromatic heterocycles. The molecule has 4 rings (SSSR count). The van der Waals surface area contributed by atoms with E-state index < -0.39 is 34.4 Å². The molecule has 2 heterocycles. The number of aromatic amines is 1. The first kappa shape index (κ1) is 22.8. The number of ether oxygens (including phenoxy) is 1. The van der Waals surface area contributed by atoms with Gasteiger partial charge in [-0.05, 0) is 49.2 Å². The van der Waals surface area contributed by atoms with E-state index in [1.165, 1.54) is 24.3 Å². The number of esters is 1. The Bertz CT molecular complexity index is 1340. The van der Waals surface area contributed by atoms with E-state index in [0.717, 1.165) is 4.31 Å². The predicted octanol–water partition coefficient (Wildman–Crippen LogP) is 3.41. The fourth-order valence-electron chi connectivity index (χ4n) is 3.64. The smallest absolute Gasteiger partial charge is 0.324 e. The van der Waals surface area contributed by atoms with Gasteiger partial charge in [-0.3, -0.25) is 4.79 Å². The molecular weight excluding hydrogens is 468 g/mol. The molecular formula is C22H19ClN4O5S. The van der Waals surface area contributed by atoms with Crippen LogP contribution < -0.4 is 0 Å². The van der Waals surface area contributed by atoms with Crippen molar-refractivity contribution in [3.8, 4) is 6.07 Å². The maximum Gasteiger partial charge on any atom is 0.324 e. The normalized spacial score (nSPS) is 17.5. The number of hydrogen-bond acceptors (Lipinski definition) is 7. The molecule has 2 aromatic carbocycles. The zero-order valence-electron chi connectivity index (χ0n) is 17.2. The summed E-state index contributed by atoms with van der Waals surface area (Å²) >= 11 is 5.84. The van der Waals surface area contributed by atoms with Crippen LogP contribution in [0.2, 0.25) is 5.02 Å². The van der Waals surface area contributed by atoms with E-state index in [2.05, 4.69) is 9.97 Å². The number of fused-ring (bicyclic) bond motifs is 1. The summed E-state index contributed by atoms with van der Waals surface area (Å²) in [6.45, 7) is -0.431. The molecule has 1 fully saturated rings. The van der Waals surface area contributed by atoms with Crippen LogP contribution in [0.15, 0.2) is 59.2 Å². The van der Waals surface area contributed by atoms with Gasteiger partial charge in [0.05, 0.1) is 15.9 Å². The monoisotopic (exact) mass is 486 g/mol. The molecule has 11 heteroatoms. The molecule has 2 N–H and O–H groups in total. The number of sulfonamides is 1. The Labute approximate surface area is 194 Å². The van der Waals surface area contributed by atoms with Gasteiger partial charge in [-0.15, -0.1) is 0 Å². The molecule has 1 atom stereocenters. The summed E-state index contributed by atoms with van der Waals surface area (Å²) in [6, 6.07) is 13.6. The van der Waals surface area contributed by atoms with Crippen LogP contribution in [0.25, 0.3) is 16.6 Å². The van der Waals surface area contributed by atoms with Gasteiger partial charge in [-0.2, -0.15) is 9.57 Å². The molecule has 0 bridgehead atoms. The number of carbonyl (C=O) groups is 1. The maximum absolute atomic E-state index is 13.0. The highest BCUT2D eigenvalue weighted by Gasteiger charge is 2.40. The van der Waals surface area contributed by atoms with Gasteiger partial charge in [0.25, 0.3) is 0 Å². The lowest BCUT2D eigenvalue weighted by Crippen LogP contribution is -2.41. The number of hydrogen-bond donors (Lipinski definition) is 2. The van der Waals surface area contributed by atoms with Crippen molar-refractivity contribution in [3.05, 3.63) is 65.1 Å². The molecule has 170 valence electrons. The summed E-state index contributed by atoms with van der Waals surface area (Å²) in [5, 5.41) is 20.3. The molecule has 9 nitrogen and oxygen atoms in total. The van der Waals surface area contributed by atoms with Crippen LogP contribution >= 0.6 is 11.6 Å². The quantitative estimate of drug-likeness (QED) is 0.309. The summed E-state index contributed by atoms with van der Waals surface area (Å²) in [5.41, 5.74) is 1.12. The highest BCUT2D eigenvalue weighted by molar-refractivity contribution is 7.89. The molecule has 33 heavy (non-hydrogen) atoms. The third-order valence-electron chi connectivity index (χ3n) is 5.27. The number of nitrogens with zero attached hydrogens (tertiary/aromatic N) is 3. The number of aliphatic hydroxyl groups is 1. The minimum atomic E-state index is -3.94. The van der Waals surface area contributed by atoms with Crippen LogP contribution in [0.1, 0.15) is 18.7 Å². The van der Waals surface area contributed by atoms with Crippen LogP contribution in [0.4, 0.5) is 0 Å². The Hall–Kier alpha value is -3.39. The predicted molar refractivity (Wildman–Crippen MR) is 121 cm³/mol. The summed E-state index contributed by atoms with van der Waals surface area (Å²) in [5.74, 6) is -1.16. The summed E-state index contributed by atoms with van der Waals surface area (Å²) in [7, 11) is -3.94. The molecule has 0 radical (unpaired) electrons. The van der Waals surface area contributed by atoms with Gasteiger partial charge in [0.1, 0.15) is 24.3 Å². The van der Waals surface area contributed by atoms with Gasteiger partial charge in [0, 0.05) is 11.6 Å². The van der Waals surface area contributed by atoms with E-state index in [1.807, 2.05) is 6.07 Å². The third-order valence-corrected chi connectivity index (χ3v) is 7.45. The number of para-hydroxylation sites is 2. The van der Waals surface area contributed by atoms with Crippen molar-refractivity contribution >= 4 is 44.2 Å². The molecule has 0 unspecified atom stereocenters. The number of aromatic nitrogens is 2. The van der Waals surface area contributed by atoms with E-state index in [0.29, 0.717) is 22.5 Å². The first-order valence-corrected chi connectivity index (χ1v) is 11.8. The lowest BCUT2D eigenvalue weighted by molar-refractivity contribution is -0.147. The fraction of sp³-hybridized carbons (Fsp3) is 0.227. The standard InChI is InChI=1S/C22H19ClN4O5S/c23-14-7-9-15(10-8-14)33(30,31)27-11-3-6-19(27)22(29)32-13-20(28)16(12-24)21-25-17-4-1-2-5-18(17)26-21/h1-2,4-5,7-10,19,28H,3,6,11,13H2,(H,25,26)/t19-/m0/s1. The number of aliphatic hydroxyl groups excluding tert-OH is 1. The van der Waals surface area contributed by atoms with E-state index in [9.17, 15) is 23.6 Å². The van der Waals surface area contributed by atoms with Crippen LogP contribution in [-0.4, -0.2) is 53.0 Å². The first-order chi connectivity index (χ1) is 15.8. The average molecular weight is 487 g/mol. The average Bonchev–Trinajstić information content (AvgIpc) is 3.46. The van der Waals surface area contributed by atoms with Gasteiger partial charge in [-0.1, -0.05) is 23.7 Å². The topological polar surface area (TPSA) is 136 Å². The van der Waals surface area contributed by atoms with E-state index in [1.54, 1.807) is 24.3 Å². The highest BCUT2D eigenvalue weighted by atomic mass is 35.5. The van der Waals surface area contributed by atoms with Crippen molar-refractivity contribution in [2.24, 2.45) is 0 Å². The number of halogens is 1. The fourth-order valence-corrected chi connectivity index (χ4v) is 5.41. The molecule has 1 aliphatic rings. The molecule has 1 aliphatic heterocycles. The van der Waals surface area contributed by atoms with Gasteiger partial charge >= 0.3 is 5.97 Å². The SMILES string of the molecule is N#CC(=C(O)COC(=O)[C@@H]1CCCN1S(=O)(=O)c1ccc(Cl)cc1)c1nc2ccccc2[nH]1. The lowest BCUT2D eigenvalue weighted by Gasteiger charge is -2.22. The third kappa shape index (κ3) is 4.57. The van der Waals surface area contributed by atoms with Crippen LogP contribution in [0, 0.1) is 11.3 Å². The van der Waals surface area contributed by atoms with Gasteiger partial charge in [-0.25, -0.2) is 13.4 Å². The van der Waals surface area contributed by atoms with E-state index >= 15 is 0 Å². The zero-order valence-corrected chi connectivity index (χ0v) is 18.8. The van der Waals surface area contributed by atoms with Crippen molar-refractivity contribution in [3.63, 3.8) is 0 Å². The summed E-state index contributed by atoms with van der Waals surface area (Å²) < 4.78 is 32.2. The van der Waals surface area contributed by atoms with E-state index in [4.69, 9.17) is 16.3 Å². The second-order valence-corrected chi connectivity index (χ2v) is 9.70. The maximum atomic E-state index is 13.0. The minimum absolute atomic E-state index is 0.0194. The highest BCUT2D eigenvalue weighted by Crippen LogP contribution is 2.28. The van der Waals surface area contributed by atoms with Crippen LogP contribution in [-0.2, 0) is 19.6 Å². The second kappa shape index (κ2) is 9.23. The Balaban J connectivity index is 1.50. The number of imidazole rings is 1. The Morgan fingerprint density at radius 3 is 2.70 bits per heavy atom. The Kier molecular flexibility index (Phi) is 6.37. The molecule has 0 saturated carbocycles. The van der Waals surface area contributed by atoms with Crippen molar-refractivity contribution in [2.75, 3.05) is 13.2 Å². The molecule has 0 spiro atoms. The molecule has 3 aromatic rings. The number of allylic oxidation sites excluding steroid dienone is 1. The number of rotatable bonds is 6. The first-order valence-electron chi connectivity index (χ1n) is 10.0. The Morgan fingerprint density at radius 2 is 2.00 bits per heavy atom. The molecule has 0 aliphatic carbocycles. The summed E-state index contributed by atoms with van der Waals surface area (Å²) in [4.78, 5) is 19.9. The molecule has 1 saturated heterocycles. The Morgan fingerprint density at radius 1 is 1.27 bits per heavy atom. The van der Waals surface area contributed by atoms with Crippen molar-refractivity contribution in [1.29, 1.82) is 5.26 Å². The van der Waals surface area contributed by atoms with Crippen molar-refractivity contribution in [1.82, 2.24) is 14.3 Å². The number of carbonyl (C=O) groups excluding carboxylic acids is 1. The minimum Gasteiger partial charge on any atom is -0.507 e. The van der Waals surface area contributed by atoms with Crippen LogP contribution in [0.3, 0.4) is 0 Å². The van der Waals surface area contributed by atoms with Crippen LogP contribution in [0.5, 0.6) is 0 Å². The second-order valence-electron chi connectivity index (χ2n) is 7.37. The largest absolute Gasteiger partial charge is 0.507 e. The van der Waals surface area contributed by atoms with Gasteiger partial charge in [0.15, 0.2) is 11.6 Å². The molecule has 0 amide bonds. The number of nitrogens with one attached hydrogen (secondary N) is 1. The number of nitriles is 1. The lowest BCUT2D eigenvalue weighted by atomic mass is 10.2. The van der Waals surface area contributed by atoms with Gasteiger partial charge < -0.3 is 14.8 Å². The van der Waals surface area contributed by atoms with Crippen molar-refractivity contribution in [2.45, 2.75) is 23.8 Å². The number of H-pyrrole nitrogens is 1. The van der Waals surface area contributed by atoms with Crippen molar-refractivity contribution < 1.29 is 23.1 Å². The number of benzene rings is 2. The zero-order chi connectivity index (χ0) is 23.6. The van der Waals surface area contributed by atoms with E-state index in [-0.39, 0.29) is 29.3 Å².